The zero-order chi connectivity index (χ0) is 32.1. The van der Waals surface area contributed by atoms with Gasteiger partial charge in [-0.2, -0.15) is 5.26 Å². The number of allylic oxidation sites excluding steroid dienone is 2. The molecule has 4 aliphatic heterocycles. The average molecular weight is 636 g/mol. The number of carbonyl (C=O) groups excluding carboxylic acids is 1. The van der Waals surface area contributed by atoms with Gasteiger partial charge in [-0.25, -0.2) is 9.82 Å². The molecule has 1 aliphatic carbocycles. The van der Waals surface area contributed by atoms with Gasteiger partial charge in [0, 0.05) is 38.4 Å². The summed E-state index contributed by atoms with van der Waals surface area (Å²) in [6.45, 7) is 5.09. The predicted molar refractivity (Wildman–Crippen MR) is 168 cm³/mol. The topological polar surface area (TPSA) is 130 Å². The summed E-state index contributed by atoms with van der Waals surface area (Å²) in [5, 5.41) is 19.6. The van der Waals surface area contributed by atoms with Gasteiger partial charge < -0.3 is 23.8 Å². The van der Waals surface area contributed by atoms with E-state index in [-0.39, 0.29) is 23.6 Å². The third-order valence-electron chi connectivity index (χ3n) is 9.64. The number of fused-ring (bicyclic) bond motifs is 4. The fourth-order valence-electron chi connectivity index (χ4n) is 7.25. The van der Waals surface area contributed by atoms with Crippen molar-refractivity contribution in [2.24, 2.45) is 5.92 Å². The molecule has 0 radical (unpaired) electrons. The number of benzene rings is 1. The number of hydrogen-bond acceptors (Lipinski definition) is 10. The number of halogens is 1. The molecule has 47 heavy (non-hydrogen) atoms. The second kappa shape index (κ2) is 12.2. The molecular weight excluding hydrogens is 601 g/mol. The first-order valence-electron chi connectivity index (χ1n) is 16.1. The van der Waals surface area contributed by atoms with E-state index in [0.29, 0.717) is 61.6 Å². The SMILES string of the molecule is Cc1nnc(-c2c(CCC3CCOCC3)nc3c(c2C2=CC4=CN(Cc5ccc(C#N)c(F)c5)NC4C=C2)C(=O)N2CCOC[C@@H]32)o1. The van der Waals surface area contributed by atoms with Gasteiger partial charge in [-0.15, -0.1) is 10.2 Å². The van der Waals surface area contributed by atoms with Crippen molar-refractivity contribution in [1.82, 2.24) is 30.5 Å². The smallest absolute Gasteiger partial charge is 0.257 e. The second-order valence-electron chi connectivity index (χ2n) is 12.6. The second-order valence-corrected chi connectivity index (χ2v) is 12.6. The largest absolute Gasteiger partial charge is 0.421 e. The maximum Gasteiger partial charge on any atom is 0.257 e. The Bertz CT molecular complexity index is 1890. The first-order chi connectivity index (χ1) is 23.0. The van der Waals surface area contributed by atoms with Gasteiger partial charge in [0.1, 0.15) is 11.9 Å². The van der Waals surface area contributed by atoms with Crippen LogP contribution in [0.15, 0.2) is 52.6 Å². The number of morpholine rings is 1. The third kappa shape index (κ3) is 5.44. The number of rotatable bonds is 7. The van der Waals surface area contributed by atoms with Gasteiger partial charge >= 0.3 is 0 Å². The molecular formula is C35H34FN7O4. The van der Waals surface area contributed by atoms with Crippen LogP contribution in [0.3, 0.4) is 0 Å². The van der Waals surface area contributed by atoms with E-state index in [0.717, 1.165) is 66.1 Å². The van der Waals surface area contributed by atoms with Crippen LogP contribution in [0.4, 0.5) is 4.39 Å². The number of nitrogens with zero attached hydrogens (tertiary/aromatic N) is 6. The number of nitrogens with one attached hydrogen (secondary N) is 1. The minimum Gasteiger partial charge on any atom is -0.421 e. The number of nitriles is 1. The van der Waals surface area contributed by atoms with Crippen molar-refractivity contribution >= 4 is 11.5 Å². The van der Waals surface area contributed by atoms with Gasteiger partial charge in [-0.05, 0) is 66.5 Å². The Morgan fingerprint density at radius 1 is 1.13 bits per heavy atom. The highest BCUT2D eigenvalue weighted by atomic mass is 19.1. The zero-order valence-corrected chi connectivity index (χ0v) is 26.0. The molecule has 5 aliphatic rings. The number of ether oxygens (including phenoxy) is 2. The Labute approximate surface area is 271 Å². The molecule has 1 N–H and O–H groups in total. The van der Waals surface area contributed by atoms with Gasteiger partial charge in [-0.3, -0.25) is 9.78 Å². The summed E-state index contributed by atoms with van der Waals surface area (Å²) in [6.07, 6.45) is 11.8. The van der Waals surface area contributed by atoms with Crippen molar-refractivity contribution in [3.8, 4) is 17.5 Å². The lowest BCUT2D eigenvalue weighted by atomic mass is 9.85. The maximum atomic E-state index is 14.3. The minimum absolute atomic E-state index is 0.0206. The van der Waals surface area contributed by atoms with E-state index in [1.165, 1.54) is 12.1 Å². The molecule has 12 heteroatoms. The van der Waals surface area contributed by atoms with Crippen LogP contribution in [0.5, 0.6) is 0 Å². The summed E-state index contributed by atoms with van der Waals surface area (Å²) < 4.78 is 31.8. The van der Waals surface area contributed by atoms with E-state index < -0.39 is 5.82 Å². The fraction of sp³-hybridized carbons (Fsp3) is 0.400. The van der Waals surface area contributed by atoms with Crippen molar-refractivity contribution in [3.05, 3.63) is 93.5 Å². The summed E-state index contributed by atoms with van der Waals surface area (Å²) in [7, 11) is 0. The first kappa shape index (κ1) is 29.7. The van der Waals surface area contributed by atoms with Crippen LogP contribution in [0.1, 0.15) is 69.6 Å². The van der Waals surface area contributed by atoms with Crippen LogP contribution in [0, 0.1) is 30.0 Å². The molecule has 1 unspecified atom stereocenters. The molecule has 6 heterocycles. The summed E-state index contributed by atoms with van der Waals surface area (Å²) in [5.74, 6) is 0.706. The van der Waals surface area contributed by atoms with Gasteiger partial charge in [0.2, 0.25) is 11.8 Å². The van der Waals surface area contributed by atoms with E-state index >= 15 is 0 Å². The lowest BCUT2D eigenvalue weighted by Gasteiger charge is -2.29. The Morgan fingerprint density at radius 3 is 2.79 bits per heavy atom. The van der Waals surface area contributed by atoms with Crippen molar-refractivity contribution in [2.45, 2.75) is 51.2 Å². The Morgan fingerprint density at radius 2 is 2.00 bits per heavy atom. The Kier molecular flexibility index (Phi) is 7.67. The highest BCUT2D eigenvalue weighted by molar-refractivity contribution is 6.07. The lowest BCUT2D eigenvalue weighted by Crippen LogP contribution is -2.38. The standard InChI is InChI=1S/C35H34FN7O4/c1-20-39-40-34(47-20)31-28(6-3-21-8-11-45-12-9-21)38-33-29-19-46-13-10-43(29)35(44)32(33)30(31)23-5-7-27-25(15-23)18-42(41-27)17-22-2-4-24(16-37)26(36)14-22/h2,4-5,7,14-15,18,21,27,29,41H,3,6,8-13,17,19H2,1H3/t27?,29-/m0/s1. The van der Waals surface area contributed by atoms with E-state index in [2.05, 4.69) is 27.8 Å². The summed E-state index contributed by atoms with van der Waals surface area (Å²) in [6, 6.07) is 6.16. The summed E-state index contributed by atoms with van der Waals surface area (Å²) in [4.78, 5) is 21.3. The average Bonchev–Trinajstić information content (AvgIpc) is 3.78. The molecule has 11 nitrogen and oxygen atoms in total. The molecule has 2 fully saturated rings. The van der Waals surface area contributed by atoms with Gasteiger partial charge in [-0.1, -0.05) is 18.2 Å². The van der Waals surface area contributed by atoms with Crippen molar-refractivity contribution in [1.29, 1.82) is 5.26 Å². The maximum absolute atomic E-state index is 14.3. The molecule has 8 rings (SSSR count). The van der Waals surface area contributed by atoms with E-state index in [1.807, 2.05) is 28.3 Å². The van der Waals surface area contributed by atoms with Gasteiger partial charge in [0.25, 0.3) is 5.91 Å². The number of aryl methyl sites for hydroxylation is 2. The zero-order valence-electron chi connectivity index (χ0n) is 26.0. The van der Waals surface area contributed by atoms with Crippen LogP contribution in [-0.4, -0.2) is 70.0 Å². The van der Waals surface area contributed by atoms with Crippen LogP contribution in [0.2, 0.25) is 0 Å². The number of pyridine rings is 1. The third-order valence-corrected chi connectivity index (χ3v) is 9.64. The molecule has 2 saturated heterocycles. The molecule has 0 saturated carbocycles. The number of carbonyl (C=O) groups is 1. The molecule has 1 amide bonds. The molecule has 3 aromatic rings. The van der Waals surface area contributed by atoms with Crippen molar-refractivity contribution < 1.29 is 23.1 Å². The van der Waals surface area contributed by atoms with Crippen LogP contribution in [0.25, 0.3) is 17.0 Å². The van der Waals surface area contributed by atoms with E-state index in [4.69, 9.17) is 24.1 Å². The predicted octanol–water partition coefficient (Wildman–Crippen LogP) is 4.56. The van der Waals surface area contributed by atoms with Gasteiger partial charge in [0.05, 0.1) is 59.9 Å². The molecule has 1 aromatic carbocycles. The van der Waals surface area contributed by atoms with Crippen LogP contribution < -0.4 is 5.43 Å². The number of aromatic nitrogens is 3. The number of amides is 1. The summed E-state index contributed by atoms with van der Waals surface area (Å²) in [5.41, 5.74) is 9.65. The number of hydrazine groups is 1. The Balaban J connectivity index is 1.22. The minimum atomic E-state index is -0.536. The van der Waals surface area contributed by atoms with E-state index in [1.54, 1.807) is 13.0 Å². The Hall–Kier alpha value is -4.70. The van der Waals surface area contributed by atoms with Crippen LogP contribution >= 0.6 is 0 Å². The first-order valence-corrected chi connectivity index (χ1v) is 16.1. The molecule has 240 valence electrons. The fourth-order valence-corrected chi connectivity index (χ4v) is 7.25. The quantitative estimate of drug-likeness (QED) is 0.394. The van der Waals surface area contributed by atoms with Gasteiger partial charge in [0.15, 0.2) is 0 Å². The molecule has 0 spiro atoms. The normalized spacial score (nSPS) is 22.1. The lowest BCUT2D eigenvalue weighted by molar-refractivity contribution is 0.00351. The van der Waals surface area contributed by atoms with Crippen molar-refractivity contribution in [3.63, 3.8) is 0 Å². The molecule has 2 aromatic heterocycles. The summed E-state index contributed by atoms with van der Waals surface area (Å²) >= 11 is 0. The molecule has 2 atom stereocenters. The number of hydrogen-bond donors (Lipinski definition) is 1. The van der Waals surface area contributed by atoms with E-state index in [9.17, 15) is 9.18 Å². The molecule has 0 bridgehead atoms. The van der Waals surface area contributed by atoms with Crippen LogP contribution in [-0.2, 0) is 22.4 Å². The monoisotopic (exact) mass is 635 g/mol. The highest BCUT2D eigenvalue weighted by Crippen LogP contribution is 2.45. The highest BCUT2D eigenvalue weighted by Gasteiger charge is 2.44. The van der Waals surface area contributed by atoms with Crippen molar-refractivity contribution in [2.75, 3.05) is 33.0 Å².